The molecule has 0 radical (unpaired) electrons. The quantitative estimate of drug-likeness (QED) is 0.680. The number of anilines is 1. The Morgan fingerprint density at radius 1 is 1.26 bits per heavy atom. The SMILES string of the molecule is COc1cc(C(=O)c2cc(N)ccc2Br)ccc1Cl. The van der Waals surface area contributed by atoms with Gasteiger partial charge in [-0.05, 0) is 36.4 Å². The van der Waals surface area contributed by atoms with Crippen LogP contribution >= 0.6 is 27.5 Å². The normalized spacial score (nSPS) is 10.3. The minimum atomic E-state index is -0.144. The summed E-state index contributed by atoms with van der Waals surface area (Å²) in [5.41, 5.74) is 7.24. The number of benzene rings is 2. The number of carbonyl (C=O) groups excluding carboxylic acids is 1. The molecule has 19 heavy (non-hydrogen) atoms. The van der Waals surface area contributed by atoms with Crippen molar-refractivity contribution in [2.45, 2.75) is 0 Å². The summed E-state index contributed by atoms with van der Waals surface area (Å²) in [6, 6.07) is 10.0. The van der Waals surface area contributed by atoms with Crippen molar-refractivity contribution in [2.24, 2.45) is 0 Å². The van der Waals surface area contributed by atoms with Gasteiger partial charge in [-0.1, -0.05) is 27.5 Å². The van der Waals surface area contributed by atoms with Crippen LogP contribution in [0.3, 0.4) is 0 Å². The monoisotopic (exact) mass is 339 g/mol. The van der Waals surface area contributed by atoms with Crippen LogP contribution in [0.4, 0.5) is 5.69 Å². The van der Waals surface area contributed by atoms with Gasteiger partial charge in [0.1, 0.15) is 5.75 Å². The summed E-state index contributed by atoms with van der Waals surface area (Å²) in [7, 11) is 1.51. The molecule has 5 heteroatoms. The average molecular weight is 341 g/mol. The van der Waals surface area contributed by atoms with E-state index in [-0.39, 0.29) is 5.78 Å². The van der Waals surface area contributed by atoms with Gasteiger partial charge in [-0.3, -0.25) is 4.79 Å². The Morgan fingerprint density at radius 3 is 2.68 bits per heavy atom. The Kier molecular flexibility index (Phi) is 4.12. The number of ketones is 1. The highest BCUT2D eigenvalue weighted by Crippen LogP contribution is 2.28. The van der Waals surface area contributed by atoms with Crippen molar-refractivity contribution in [3.05, 3.63) is 57.0 Å². The molecule has 2 aromatic carbocycles. The molecule has 0 aromatic heterocycles. The first kappa shape index (κ1) is 13.9. The highest BCUT2D eigenvalue weighted by Gasteiger charge is 2.14. The third kappa shape index (κ3) is 2.91. The molecule has 0 spiro atoms. The van der Waals surface area contributed by atoms with Gasteiger partial charge in [0.15, 0.2) is 5.78 Å². The Balaban J connectivity index is 2.47. The van der Waals surface area contributed by atoms with Gasteiger partial charge in [-0.2, -0.15) is 0 Å². The van der Waals surface area contributed by atoms with Gasteiger partial charge in [-0.15, -0.1) is 0 Å². The molecule has 0 fully saturated rings. The van der Waals surface area contributed by atoms with Crippen molar-refractivity contribution < 1.29 is 9.53 Å². The summed E-state index contributed by atoms with van der Waals surface area (Å²) in [6.07, 6.45) is 0. The second-order valence-corrected chi connectivity index (χ2v) is 5.18. The van der Waals surface area contributed by atoms with E-state index in [1.54, 1.807) is 36.4 Å². The number of nitrogens with two attached hydrogens (primary N) is 1. The van der Waals surface area contributed by atoms with Crippen molar-refractivity contribution in [2.75, 3.05) is 12.8 Å². The van der Waals surface area contributed by atoms with E-state index in [9.17, 15) is 4.79 Å². The van der Waals surface area contributed by atoms with Crippen LogP contribution in [0, 0.1) is 0 Å². The van der Waals surface area contributed by atoms with E-state index < -0.39 is 0 Å². The lowest BCUT2D eigenvalue weighted by atomic mass is 10.0. The van der Waals surface area contributed by atoms with Crippen LogP contribution in [0.15, 0.2) is 40.9 Å². The van der Waals surface area contributed by atoms with Crippen molar-refractivity contribution >= 4 is 39.0 Å². The molecule has 0 aliphatic carbocycles. The van der Waals surface area contributed by atoms with Crippen LogP contribution in [0.5, 0.6) is 5.75 Å². The molecule has 0 saturated carbocycles. The lowest BCUT2D eigenvalue weighted by Crippen LogP contribution is -2.04. The topological polar surface area (TPSA) is 52.3 Å². The fourth-order valence-electron chi connectivity index (χ4n) is 1.67. The molecule has 0 unspecified atom stereocenters. The molecule has 0 saturated heterocycles. The molecule has 2 aromatic rings. The van der Waals surface area contributed by atoms with Crippen molar-refractivity contribution in [1.29, 1.82) is 0 Å². The van der Waals surface area contributed by atoms with Crippen LogP contribution in [-0.4, -0.2) is 12.9 Å². The van der Waals surface area contributed by atoms with Crippen LogP contribution < -0.4 is 10.5 Å². The first-order valence-electron chi connectivity index (χ1n) is 5.46. The average Bonchev–Trinajstić information content (AvgIpc) is 2.41. The molecular weight excluding hydrogens is 330 g/mol. The van der Waals surface area contributed by atoms with Gasteiger partial charge in [0.25, 0.3) is 0 Å². The summed E-state index contributed by atoms with van der Waals surface area (Å²) in [5.74, 6) is 0.321. The zero-order valence-corrected chi connectivity index (χ0v) is 12.5. The minimum absolute atomic E-state index is 0.144. The van der Waals surface area contributed by atoms with E-state index in [1.165, 1.54) is 7.11 Å². The molecule has 2 rings (SSSR count). The van der Waals surface area contributed by atoms with E-state index in [1.807, 2.05) is 0 Å². The van der Waals surface area contributed by atoms with Gasteiger partial charge in [0.2, 0.25) is 0 Å². The highest BCUT2D eigenvalue weighted by atomic mass is 79.9. The summed E-state index contributed by atoms with van der Waals surface area (Å²) < 4.78 is 5.80. The minimum Gasteiger partial charge on any atom is -0.495 e. The number of halogens is 2. The first-order valence-corrected chi connectivity index (χ1v) is 6.63. The first-order chi connectivity index (χ1) is 9.02. The molecule has 98 valence electrons. The Hall–Kier alpha value is -1.52. The van der Waals surface area contributed by atoms with Crippen molar-refractivity contribution in [3.8, 4) is 5.75 Å². The van der Waals surface area contributed by atoms with Crippen LogP contribution in [-0.2, 0) is 0 Å². The van der Waals surface area contributed by atoms with Gasteiger partial charge < -0.3 is 10.5 Å². The van der Waals surface area contributed by atoms with E-state index in [2.05, 4.69) is 15.9 Å². The summed E-state index contributed by atoms with van der Waals surface area (Å²) >= 11 is 9.28. The number of hydrogen-bond acceptors (Lipinski definition) is 3. The molecule has 0 aliphatic heterocycles. The Bertz CT molecular complexity index is 643. The second-order valence-electron chi connectivity index (χ2n) is 3.92. The zero-order chi connectivity index (χ0) is 14.0. The second kappa shape index (κ2) is 5.63. The molecule has 0 aliphatic rings. The van der Waals surface area contributed by atoms with Crippen molar-refractivity contribution in [1.82, 2.24) is 0 Å². The highest BCUT2D eigenvalue weighted by molar-refractivity contribution is 9.10. The van der Waals surface area contributed by atoms with Crippen LogP contribution in [0.25, 0.3) is 0 Å². The number of ether oxygens (including phenoxy) is 1. The zero-order valence-electron chi connectivity index (χ0n) is 10.1. The molecule has 0 amide bonds. The fourth-order valence-corrected chi connectivity index (χ4v) is 2.29. The smallest absolute Gasteiger partial charge is 0.194 e. The van der Waals surface area contributed by atoms with E-state index in [0.29, 0.717) is 32.1 Å². The number of carbonyl (C=O) groups is 1. The molecular formula is C14H11BrClNO2. The maximum atomic E-state index is 12.4. The van der Waals surface area contributed by atoms with Gasteiger partial charge in [0, 0.05) is 21.3 Å². The number of methoxy groups -OCH3 is 1. The number of nitrogen functional groups attached to an aromatic ring is 1. The van der Waals surface area contributed by atoms with Crippen LogP contribution in [0.2, 0.25) is 5.02 Å². The van der Waals surface area contributed by atoms with E-state index in [4.69, 9.17) is 22.1 Å². The standard InChI is InChI=1S/C14H11BrClNO2/c1-19-13-6-8(2-5-12(13)16)14(18)10-7-9(17)3-4-11(10)15/h2-7H,17H2,1H3. The molecule has 2 N–H and O–H groups in total. The Labute approximate surface area is 124 Å². The largest absolute Gasteiger partial charge is 0.495 e. The maximum absolute atomic E-state index is 12.4. The predicted molar refractivity (Wildman–Crippen MR) is 80.0 cm³/mol. The number of hydrogen-bond donors (Lipinski definition) is 1. The summed E-state index contributed by atoms with van der Waals surface area (Å²) in [4.78, 5) is 12.4. The molecule has 0 heterocycles. The fraction of sp³-hybridized carbons (Fsp3) is 0.0714. The lowest BCUT2D eigenvalue weighted by Gasteiger charge is -2.08. The predicted octanol–water partition coefficient (Wildman–Crippen LogP) is 3.92. The maximum Gasteiger partial charge on any atom is 0.194 e. The lowest BCUT2D eigenvalue weighted by molar-refractivity contribution is 0.103. The molecule has 0 bridgehead atoms. The van der Waals surface area contributed by atoms with Crippen molar-refractivity contribution in [3.63, 3.8) is 0 Å². The van der Waals surface area contributed by atoms with E-state index >= 15 is 0 Å². The molecule has 0 atom stereocenters. The summed E-state index contributed by atoms with van der Waals surface area (Å²) in [6.45, 7) is 0. The molecule has 3 nitrogen and oxygen atoms in total. The number of rotatable bonds is 3. The van der Waals surface area contributed by atoms with E-state index in [0.717, 1.165) is 0 Å². The third-order valence-corrected chi connectivity index (χ3v) is 3.65. The Morgan fingerprint density at radius 2 is 2.00 bits per heavy atom. The van der Waals surface area contributed by atoms with Gasteiger partial charge in [0.05, 0.1) is 12.1 Å². The van der Waals surface area contributed by atoms with Gasteiger partial charge in [-0.25, -0.2) is 0 Å². The summed E-state index contributed by atoms with van der Waals surface area (Å²) in [5, 5.41) is 0.464. The van der Waals surface area contributed by atoms with Gasteiger partial charge >= 0.3 is 0 Å². The third-order valence-electron chi connectivity index (χ3n) is 2.65. The van der Waals surface area contributed by atoms with Crippen LogP contribution in [0.1, 0.15) is 15.9 Å².